The average Bonchev–Trinajstić information content (AvgIpc) is 3.39. The molecule has 410 valence electrons. The molecule has 0 bridgehead atoms. The Bertz CT molecular complexity index is 1630. The number of carbonyl (C=O) groups excluding carboxylic acids is 3. The summed E-state index contributed by atoms with van der Waals surface area (Å²) in [6.45, 7) is 6.28. The highest BCUT2D eigenvalue weighted by Crippen LogP contribution is 2.14. The van der Waals surface area contributed by atoms with Crippen LogP contribution in [0.3, 0.4) is 0 Å². The first-order chi connectivity index (χ1) is 36.0. The molecule has 0 fully saturated rings. The number of carbonyl (C=O) groups is 3. The van der Waals surface area contributed by atoms with Crippen molar-refractivity contribution >= 4 is 17.9 Å². The van der Waals surface area contributed by atoms with Crippen molar-refractivity contribution in [3.05, 3.63) is 146 Å². The lowest BCUT2D eigenvalue weighted by Crippen LogP contribution is -2.30. The maximum atomic E-state index is 12.8. The molecule has 6 heteroatoms. The van der Waals surface area contributed by atoms with Crippen molar-refractivity contribution in [1.82, 2.24) is 0 Å². The summed E-state index contributed by atoms with van der Waals surface area (Å²) in [5.74, 6) is -0.958. The van der Waals surface area contributed by atoms with Gasteiger partial charge in [-0.3, -0.25) is 14.4 Å². The topological polar surface area (TPSA) is 78.9 Å². The minimum Gasteiger partial charge on any atom is -0.462 e. The molecule has 1 unspecified atom stereocenters. The Morgan fingerprint density at radius 2 is 0.534 bits per heavy atom. The third-order valence-electron chi connectivity index (χ3n) is 11.8. The van der Waals surface area contributed by atoms with Crippen molar-refractivity contribution in [3.63, 3.8) is 0 Å². The van der Waals surface area contributed by atoms with Crippen LogP contribution in [-0.4, -0.2) is 37.2 Å². The second-order valence-electron chi connectivity index (χ2n) is 18.8. The monoisotopic (exact) mass is 1010 g/mol. The van der Waals surface area contributed by atoms with Crippen molar-refractivity contribution < 1.29 is 28.6 Å². The van der Waals surface area contributed by atoms with E-state index in [1.165, 1.54) is 38.5 Å². The summed E-state index contributed by atoms with van der Waals surface area (Å²) < 4.78 is 16.7. The SMILES string of the molecule is CC/C=C\C/C=C\C/C=C\C/C=C\C/C=C\C/C=C\C/C=C\CCCCCC(=O)OCC(COC(=O)CCCCCCC)OC(=O)CCCCCCCCCCC/C=C\C/C=C\C/C=C\C/C=C\C/C=C\CC. The molecule has 0 N–H and O–H groups in total. The first-order valence-electron chi connectivity index (χ1n) is 29.3. The third-order valence-corrected chi connectivity index (χ3v) is 11.8. The lowest BCUT2D eigenvalue weighted by molar-refractivity contribution is -0.167. The van der Waals surface area contributed by atoms with E-state index in [0.717, 1.165) is 161 Å². The molecule has 0 rings (SSSR count). The lowest BCUT2D eigenvalue weighted by Gasteiger charge is -2.18. The van der Waals surface area contributed by atoms with Gasteiger partial charge in [-0.05, 0) is 122 Å². The highest BCUT2D eigenvalue weighted by atomic mass is 16.6. The summed E-state index contributed by atoms with van der Waals surface area (Å²) in [5, 5.41) is 0. The van der Waals surface area contributed by atoms with Crippen LogP contribution in [0.1, 0.15) is 239 Å². The molecule has 0 heterocycles. The molecule has 0 aliphatic rings. The molecule has 0 aromatic carbocycles. The van der Waals surface area contributed by atoms with Crippen LogP contribution in [0.5, 0.6) is 0 Å². The molecule has 0 saturated heterocycles. The van der Waals surface area contributed by atoms with E-state index in [9.17, 15) is 14.4 Å². The number of unbranched alkanes of at least 4 members (excludes halogenated alkanes) is 16. The van der Waals surface area contributed by atoms with Crippen molar-refractivity contribution in [2.45, 2.75) is 245 Å². The molecule has 1 atom stereocenters. The van der Waals surface area contributed by atoms with Crippen LogP contribution in [0.25, 0.3) is 0 Å². The number of ether oxygens (including phenoxy) is 3. The van der Waals surface area contributed by atoms with Gasteiger partial charge in [0.05, 0.1) is 0 Å². The van der Waals surface area contributed by atoms with E-state index < -0.39 is 6.10 Å². The Kier molecular flexibility index (Phi) is 56.0. The van der Waals surface area contributed by atoms with Crippen molar-refractivity contribution in [2.24, 2.45) is 0 Å². The van der Waals surface area contributed by atoms with Gasteiger partial charge in [0, 0.05) is 19.3 Å². The second kappa shape index (κ2) is 59.8. The molecule has 0 saturated carbocycles. The highest BCUT2D eigenvalue weighted by molar-refractivity contribution is 5.71. The fraction of sp³-hybridized carbons (Fsp3) is 0.597. The number of esters is 3. The molecule has 0 spiro atoms. The predicted octanol–water partition coefficient (Wildman–Crippen LogP) is 20.0. The lowest BCUT2D eigenvalue weighted by atomic mass is 10.1. The van der Waals surface area contributed by atoms with E-state index in [4.69, 9.17) is 14.2 Å². The van der Waals surface area contributed by atoms with Gasteiger partial charge in [-0.25, -0.2) is 0 Å². The summed E-state index contributed by atoms with van der Waals surface area (Å²) in [7, 11) is 0. The fourth-order valence-corrected chi connectivity index (χ4v) is 7.51. The molecule has 0 aromatic heterocycles. The van der Waals surface area contributed by atoms with Crippen LogP contribution < -0.4 is 0 Å². The van der Waals surface area contributed by atoms with Crippen LogP contribution in [0.15, 0.2) is 146 Å². The van der Waals surface area contributed by atoms with Crippen LogP contribution in [0, 0.1) is 0 Å². The average molecular weight is 1010 g/mol. The van der Waals surface area contributed by atoms with E-state index in [1.807, 2.05) is 0 Å². The minimum absolute atomic E-state index is 0.0972. The summed E-state index contributed by atoms with van der Waals surface area (Å²) in [6, 6.07) is 0. The third kappa shape index (κ3) is 58.1. The zero-order valence-electron chi connectivity index (χ0n) is 46.8. The molecule has 0 amide bonds. The second-order valence-corrected chi connectivity index (χ2v) is 18.8. The summed E-state index contributed by atoms with van der Waals surface area (Å²) in [6.07, 6.45) is 86.0. The quantitative estimate of drug-likeness (QED) is 0.0261. The Labute approximate surface area is 448 Å². The zero-order chi connectivity index (χ0) is 52.9. The number of allylic oxidation sites excluding steroid dienone is 24. The van der Waals surface area contributed by atoms with E-state index in [0.29, 0.717) is 19.3 Å². The molecular formula is C67H106O6. The van der Waals surface area contributed by atoms with Gasteiger partial charge in [-0.15, -0.1) is 0 Å². The smallest absolute Gasteiger partial charge is 0.306 e. The van der Waals surface area contributed by atoms with Gasteiger partial charge in [0.15, 0.2) is 6.10 Å². The summed E-state index contributed by atoms with van der Waals surface area (Å²) >= 11 is 0. The predicted molar refractivity (Wildman–Crippen MR) is 315 cm³/mol. The molecule has 6 nitrogen and oxygen atoms in total. The first-order valence-corrected chi connectivity index (χ1v) is 29.3. The molecule has 0 radical (unpaired) electrons. The summed E-state index contributed by atoms with van der Waals surface area (Å²) in [5.41, 5.74) is 0. The van der Waals surface area contributed by atoms with E-state index in [2.05, 4.69) is 167 Å². The summed E-state index contributed by atoms with van der Waals surface area (Å²) in [4.78, 5) is 37.8. The standard InChI is InChI=1S/C67H106O6/c1-4-7-10-13-15-17-19-21-23-25-27-29-31-33-35-37-39-41-43-45-47-49-51-54-57-60-66(69)72-63-64(62-71-65(68)59-56-53-12-9-6-3)73-67(70)61-58-55-52-50-48-46-44-42-40-38-36-34-32-30-28-26-24-22-20-18-16-14-11-8-5-2/h7-8,10-11,15-18,21-24,27-30,33-36,39,41,45,47,64H,4-6,9,12-14,19-20,25-26,31-32,37-38,40,42-44,46,48-63H2,1-3H3/b10-7-,11-8-,17-15-,18-16-,23-21-,24-22-,29-27-,30-28-,35-33-,36-34-,41-39-,47-45-. The Morgan fingerprint density at radius 3 is 0.849 bits per heavy atom. The van der Waals surface area contributed by atoms with Gasteiger partial charge in [-0.1, -0.05) is 244 Å². The normalized spacial score (nSPS) is 13.2. The Morgan fingerprint density at radius 1 is 0.288 bits per heavy atom. The van der Waals surface area contributed by atoms with Crippen molar-refractivity contribution in [3.8, 4) is 0 Å². The van der Waals surface area contributed by atoms with E-state index in [-0.39, 0.29) is 31.1 Å². The number of hydrogen-bond acceptors (Lipinski definition) is 6. The highest BCUT2D eigenvalue weighted by Gasteiger charge is 2.19. The minimum atomic E-state index is -0.798. The van der Waals surface area contributed by atoms with Gasteiger partial charge in [0.2, 0.25) is 0 Å². The maximum Gasteiger partial charge on any atom is 0.306 e. The zero-order valence-corrected chi connectivity index (χ0v) is 46.8. The molecular weight excluding hydrogens is 901 g/mol. The Balaban J connectivity index is 4.22. The largest absolute Gasteiger partial charge is 0.462 e. The molecule has 0 aromatic rings. The van der Waals surface area contributed by atoms with Gasteiger partial charge in [-0.2, -0.15) is 0 Å². The van der Waals surface area contributed by atoms with Crippen LogP contribution >= 0.6 is 0 Å². The molecule has 0 aliphatic heterocycles. The number of hydrogen-bond donors (Lipinski definition) is 0. The van der Waals surface area contributed by atoms with Crippen LogP contribution in [-0.2, 0) is 28.6 Å². The van der Waals surface area contributed by atoms with Crippen LogP contribution in [0.4, 0.5) is 0 Å². The van der Waals surface area contributed by atoms with Gasteiger partial charge in [0.25, 0.3) is 0 Å². The van der Waals surface area contributed by atoms with Crippen molar-refractivity contribution in [1.29, 1.82) is 0 Å². The fourth-order valence-electron chi connectivity index (χ4n) is 7.51. The van der Waals surface area contributed by atoms with Crippen LogP contribution in [0.2, 0.25) is 0 Å². The molecule has 0 aliphatic carbocycles. The van der Waals surface area contributed by atoms with Gasteiger partial charge >= 0.3 is 17.9 Å². The Hall–Kier alpha value is -4.71. The van der Waals surface area contributed by atoms with Crippen molar-refractivity contribution in [2.75, 3.05) is 13.2 Å². The maximum absolute atomic E-state index is 12.8. The van der Waals surface area contributed by atoms with Gasteiger partial charge in [0.1, 0.15) is 13.2 Å². The van der Waals surface area contributed by atoms with E-state index in [1.54, 1.807) is 0 Å². The molecule has 73 heavy (non-hydrogen) atoms. The van der Waals surface area contributed by atoms with E-state index >= 15 is 0 Å². The first kappa shape index (κ1) is 68.3. The number of rotatable bonds is 51. The van der Waals surface area contributed by atoms with Gasteiger partial charge < -0.3 is 14.2 Å².